The van der Waals surface area contributed by atoms with Crippen LogP contribution in [0.5, 0.6) is 5.75 Å². The smallest absolute Gasteiger partial charge is 0.489 e. The quantitative estimate of drug-likeness (QED) is 0.244. The van der Waals surface area contributed by atoms with Crippen LogP contribution in [0, 0.1) is 0 Å². The third-order valence-corrected chi connectivity index (χ3v) is 5.92. The van der Waals surface area contributed by atoms with E-state index in [2.05, 4.69) is 27.7 Å². The summed E-state index contributed by atoms with van der Waals surface area (Å²) in [7, 11) is 0. The lowest BCUT2D eigenvalue weighted by molar-refractivity contribution is -0.193. The van der Waals surface area contributed by atoms with E-state index in [4.69, 9.17) is 36.1 Å². The first-order valence-corrected chi connectivity index (χ1v) is 13.2. The fraction of sp³-hybridized carbons (Fsp3) is 0.444. The number of aliphatic carboxylic acids is 2. The summed E-state index contributed by atoms with van der Waals surface area (Å²) in [6.45, 7) is 5.08. The van der Waals surface area contributed by atoms with Crippen molar-refractivity contribution in [1.29, 1.82) is 0 Å². The summed E-state index contributed by atoms with van der Waals surface area (Å²) < 4.78 is 69.2. The summed E-state index contributed by atoms with van der Waals surface area (Å²) in [5.41, 5.74) is 1.89. The van der Waals surface area contributed by atoms with Gasteiger partial charge in [0.1, 0.15) is 18.5 Å². The largest absolute Gasteiger partial charge is 0.490 e. The molecule has 1 atom stereocenters. The van der Waals surface area contributed by atoms with Crippen molar-refractivity contribution in [3.63, 3.8) is 0 Å². The number of amides is 1. The molecule has 0 saturated carbocycles. The lowest BCUT2D eigenvalue weighted by Gasteiger charge is -2.33. The summed E-state index contributed by atoms with van der Waals surface area (Å²) in [4.78, 5) is 31.5. The van der Waals surface area contributed by atoms with Crippen LogP contribution in [0.15, 0.2) is 48.5 Å². The highest BCUT2D eigenvalue weighted by Gasteiger charge is 2.38. The number of ether oxygens (including phenoxy) is 1. The van der Waals surface area contributed by atoms with Crippen LogP contribution in [0.1, 0.15) is 25.3 Å². The van der Waals surface area contributed by atoms with Crippen molar-refractivity contribution in [2.75, 3.05) is 31.6 Å². The van der Waals surface area contributed by atoms with Gasteiger partial charge in [-0.1, -0.05) is 35.9 Å². The third kappa shape index (κ3) is 16.3. The number of rotatable bonds is 9. The Kier molecular flexibility index (Phi) is 15.9. The molecule has 2 aromatic carbocycles. The molecule has 17 heteroatoms. The second-order valence-electron chi connectivity index (χ2n) is 9.33. The molecule has 2 aromatic rings. The molecule has 0 radical (unpaired) electrons. The highest BCUT2D eigenvalue weighted by atomic mass is 35.5. The maximum Gasteiger partial charge on any atom is 0.490 e. The molecule has 246 valence electrons. The van der Waals surface area contributed by atoms with Crippen molar-refractivity contribution in [1.82, 2.24) is 10.2 Å². The minimum absolute atomic E-state index is 0.157. The van der Waals surface area contributed by atoms with Gasteiger partial charge in [-0.05, 0) is 55.8 Å². The van der Waals surface area contributed by atoms with E-state index >= 15 is 0 Å². The van der Waals surface area contributed by atoms with Crippen LogP contribution in [0.25, 0.3) is 0 Å². The molecule has 0 aromatic heterocycles. The Bertz CT molecular complexity index is 1170. The number of likely N-dealkylation sites (tertiary alicyclic amines) is 1. The van der Waals surface area contributed by atoms with Crippen molar-refractivity contribution < 1.29 is 60.8 Å². The molecule has 0 aliphatic carbocycles. The molecule has 3 rings (SSSR count). The number of aliphatic hydroxyl groups is 1. The average molecular weight is 660 g/mol. The number of aliphatic hydroxyl groups excluding tert-OH is 1. The highest BCUT2D eigenvalue weighted by Crippen LogP contribution is 2.24. The van der Waals surface area contributed by atoms with Gasteiger partial charge >= 0.3 is 24.3 Å². The maximum absolute atomic E-state index is 11.3. The van der Waals surface area contributed by atoms with Crippen LogP contribution in [-0.2, 0) is 20.9 Å². The molecule has 1 amide bonds. The maximum atomic E-state index is 11.3. The van der Waals surface area contributed by atoms with Gasteiger partial charge in [0.2, 0.25) is 5.91 Å². The van der Waals surface area contributed by atoms with Crippen molar-refractivity contribution in [2.45, 2.75) is 50.8 Å². The zero-order valence-electron chi connectivity index (χ0n) is 23.3. The predicted molar refractivity (Wildman–Crippen MR) is 147 cm³/mol. The minimum atomic E-state index is -5.08. The van der Waals surface area contributed by atoms with Crippen molar-refractivity contribution in [3.05, 3.63) is 59.1 Å². The van der Waals surface area contributed by atoms with E-state index in [0.29, 0.717) is 24.0 Å². The van der Waals surface area contributed by atoms with Crippen LogP contribution in [0.3, 0.4) is 0 Å². The van der Waals surface area contributed by atoms with Gasteiger partial charge in [-0.2, -0.15) is 26.3 Å². The van der Waals surface area contributed by atoms with Gasteiger partial charge in [0.25, 0.3) is 0 Å². The number of carboxylic acids is 2. The van der Waals surface area contributed by atoms with E-state index in [-0.39, 0.29) is 12.5 Å². The SMILES string of the molecule is CC(=O)Nc1ccccc1OC[C@@H](O)CNC1CCN(Cc2ccc(Cl)cc2)CC1.O=C(O)C(F)(F)F.O=C(O)C(F)(F)F. The van der Waals surface area contributed by atoms with Crippen molar-refractivity contribution in [3.8, 4) is 5.75 Å². The standard InChI is InChI=1S/C23H30ClN3O3.2C2HF3O2/c1-17(28)26-22-4-2-3-5-23(22)30-16-21(29)14-25-20-10-12-27(13-11-20)15-18-6-8-19(24)9-7-18;2*3-2(4,5)1(6)7/h2-9,20-21,25,29H,10-16H2,1H3,(H,26,28);2*(H,6,7)/t21-;;/m0../s1. The molecule has 1 heterocycles. The molecule has 0 bridgehead atoms. The van der Waals surface area contributed by atoms with Gasteiger partial charge in [0.15, 0.2) is 0 Å². The topological polar surface area (TPSA) is 148 Å². The number of carbonyl (C=O) groups excluding carboxylic acids is 1. The normalized spacial score (nSPS) is 14.7. The number of para-hydroxylation sites is 2. The number of benzene rings is 2. The molecule has 1 fully saturated rings. The minimum Gasteiger partial charge on any atom is -0.489 e. The second kappa shape index (κ2) is 18.3. The lowest BCUT2D eigenvalue weighted by atomic mass is 10.0. The van der Waals surface area contributed by atoms with Gasteiger partial charge in [-0.15, -0.1) is 0 Å². The number of hydrogen-bond donors (Lipinski definition) is 5. The second-order valence-corrected chi connectivity index (χ2v) is 9.77. The first-order chi connectivity index (χ1) is 20.4. The monoisotopic (exact) mass is 659 g/mol. The Balaban J connectivity index is 0.000000574. The molecule has 0 unspecified atom stereocenters. The molecule has 1 saturated heterocycles. The summed E-state index contributed by atoms with van der Waals surface area (Å²) in [6, 6.07) is 15.6. The number of carbonyl (C=O) groups is 3. The number of hydrogen-bond acceptors (Lipinski definition) is 7. The zero-order valence-corrected chi connectivity index (χ0v) is 24.0. The summed E-state index contributed by atoms with van der Waals surface area (Å²) >= 11 is 5.95. The van der Waals surface area contributed by atoms with Crippen LogP contribution >= 0.6 is 11.6 Å². The molecule has 44 heavy (non-hydrogen) atoms. The van der Waals surface area contributed by atoms with Gasteiger partial charge < -0.3 is 30.7 Å². The van der Waals surface area contributed by atoms with E-state index in [1.807, 2.05) is 24.3 Å². The molecular weight excluding hydrogens is 628 g/mol. The lowest BCUT2D eigenvalue weighted by Crippen LogP contribution is -2.45. The van der Waals surface area contributed by atoms with Crippen LogP contribution in [-0.4, -0.2) is 88.8 Å². The van der Waals surface area contributed by atoms with E-state index in [1.54, 1.807) is 12.1 Å². The molecule has 10 nitrogen and oxygen atoms in total. The number of alkyl halides is 6. The molecule has 1 aliphatic rings. The number of halogens is 7. The van der Waals surface area contributed by atoms with Gasteiger partial charge in [-0.25, -0.2) is 9.59 Å². The number of nitrogens with zero attached hydrogens (tertiary/aromatic N) is 1. The van der Waals surface area contributed by atoms with Gasteiger partial charge in [-0.3, -0.25) is 9.69 Å². The summed E-state index contributed by atoms with van der Waals surface area (Å²) in [5, 5.41) is 31.5. The number of nitrogens with one attached hydrogen (secondary N) is 2. The first kappa shape index (κ1) is 38.4. The van der Waals surface area contributed by atoms with Gasteiger partial charge in [0, 0.05) is 31.1 Å². The number of piperidine rings is 1. The van der Waals surface area contributed by atoms with E-state index in [1.165, 1.54) is 12.5 Å². The Labute approximate surface area is 253 Å². The fourth-order valence-corrected chi connectivity index (χ4v) is 3.70. The summed E-state index contributed by atoms with van der Waals surface area (Å²) in [6.07, 6.45) is -8.69. The van der Waals surface area contributed by atoms with Gasteiger partial charge in [0.05, 0.1) is 5.69 Å². The molecular formula is C27H32ClF6N3O7. The Morgan fingerprint density at radius 2 is 1.45 bits per heavy atom. The average Bonchev–Trinajstić information content (AvgIpc) is 2.93. The third-order valence-electron chi connectivity index (χ3n) is 5.66. The first-order valence-electron chi connectivity index (χ1n) is 12.9. The fourth-order valence-electron chi connectivity index (χ4n) is 3.58. The molecule has 1 aliphatic heterocycles. The molecule has 0 spiro atoms. The predicted octanol–water partition coefficient (Wildman–Crippen LogP) is 4.56. The van der Waals surface area contributed by atoms with Crippen LogP contribution < -0.4 is 15.4 Å². The van der Waals surface area contributed by atoms with Crippen molar-refractivity contribution >= 4 is 35.1 Å². The van der Waals surface area contributed by atoms with Crippen molar-refractivity contribution in [2.24, 2.45) is 0 Å². The Morgan fingerprint density at radius 3 is 1.93 bits per heavy atom. The zero-order chi connectivity index (χ0) is 33.5. The van der Waals surface area contributed by atoms with Crippen LogP contribution in [0.2, 0.25) is 5.02 Å². The summed E-state index contributed by atoms with van der Waals surface area (Å²) in [5.74, 6) is -5.11. The highest BCUT2D eigenvalue weighted by molar-refractivity contribution is 6.30. The number of carboxylic acid groups (broad SMARTS) is 2. The van der Waals surface area contributed by atoms with E-state index < -0.39 is 30.4 Å². The van der Waals surface area contributed by atoms with E-state index in [0.717, 1.165) is 37.5 Å². The number of anilines is 1. The van der Waals surface area contributed by atoms with Crippen LogP contribution in [0.4, 0.5) is 32.0 Å². The molecule has 5 N–H and O–H groups in total. The van der Waals surface area contributed by atoms with E-state index in [9.17, 15) is 36.2 Å². The Hall–Kier alpha value is -3.60. The Morgan fingerprint density at radius 1 is 0.955 bits per heavy atom.